The van der Waals surface area contributed by atoms with E-state index in [0.29, 0.717) is 6.42 Å². The van der Waals surface area contributed by atoms with Gasteiger partial charge in [-0.15, -0.1) is 0 Å². The molecular formula is C17H27N3O. The van der Waals surface area contributed by atoms with Gasteiger partial charge in [-0.05, 0) is 30.5 Å². The highest BCUT2D eigenvalue weighted by molar-refractivity contribution is 5.78. The van der Waals surface area contributed by atoms with E-state index in [1.165, 1.54) is 11.1 Å². The van der Waals surface area contributed by atoms with Gasteiger partial charge in [0.2, 0.25) is 5.91 Å². The molecule has 21 heavy (non-hydrogen) atoms. The summed E-state index contributed by atoms with van der Waals surface area (Å²) in [4.78, 5) is 16.5. The van der Waals surface area contributed by atoms with Crippen molar-refractivity contribution >= 4 is 5.91 Å². The summed E-state index contributed by atoms with van der Waals surface area (Å²) in [6.07, 6.45) is 0.499. The minimum absolute atomic E-state index is 0.202. The fourth-order valence-electron chi connectivity index (χ4n) is 2.57. The predicted molar refractivity (Wildman–Crippen MR) is 86.6 cm³/mol. The molecule has 4 heteroatoms. The van der Waals surface area contributed by atoms with E-state index in [1.807, 2.05) is 11.9 Å². The molecule has 1 aromatic carbocycles. The van der Waals surface area contributed by atoms with Crippen LogP contribution in [0.25, 0.3) is 0 Å². The highest BCUT2D eigenvalue weighted by Gasteiger charge is 2.13. The first-order valence-corrected chi connectivity index (χ1v) is 7.79. The Kier molecular flexibility index (Phi) is 5.76. The number of nitrogens with zero attached hydrogens (tertiary/aromatic N) is 2. The van der Waals surface area contributed by atoms with Crippen molar-refractivity contribution in [2.24, 2.45) is 0 Å². The van der Waals surface area contributed by atoms with E-state index < -0.39 is 0 Å². The molecule has 0 unspecified atom stereocenters. The van der Waals surface area contributed by atoms with Crippen molar-refractivity contribution in [2.75, 3.05) is 46.3 Å². The normalized spacial score (nSPS) is 16.0. The first-order valence-electron chi connectivity index (χ1n) is 7.79. The van der Waals surface area contributed by atoms with Gasteiger partial charge in [-0.1, -0.05) is 18.2 Å². The minimum atomic E-state index is 0.202. The molecule has 0 aliphatic carbocycles. The molecule has 0 bridgehead atoms. The number of carbonyl (C=O) groups excluding carboxylic acids is 1. The topological polar surface area (TPSA) is 35.6 Å². The predicted octanol–water partition coefficient (Wildman–Crippen LogP) is 1.21. The summed E-state index contributed by atoms with van der Waals surface area (Å²) in [6, 6.07) is 6.28. The van der Waals surface area contributed by atoms with E-state index in [1.54, 1.807) is 0 Å². The lowest BCUT2D eigenvalue weighted by Crippen LogP contribution is -2.46. The Morgan fingerprint density at radius 1 is 1.24 bits per heavy atom. The maximum absolute atomic E-state index is 12.3. The molecule has 0 radical (unpaired) electrons. The summed E-state index contributed by atoms with van der Waals surface area (Å²) < 4.78 is 0. The number of amides is 1. The number of likely N-dealkylation sites (N-methyl/N-ethyl adjacent to an activating group) is 1. The average Bonchev–Trinajstić information content (AvgIpc) is 2.49. The molecular weight excluding hydrogens is 262 g/mol. The van der Waals surface area contributed by atoms with Gasteiger partial charge >= 0.3 is 0 Å². The Morgan fingerprint density at radius 3 is 2.62 bits per heavy atom. The molecule has 116 valence electrons. The van der Waals surface area contributed by atoms with Crippen molar-refractivity contribution in [3.05, 3.63) is 34.9 Å². The van der Waals surface area contributed by atoms with E-state index >= 15 is 0 Å². The second kappa shape index (κ2) is 7.57. The van der Waals surface area contributed by atoms with Crippen LogP contribution in [0.5, 0.6) is 0 Å². The molecule has 4 nitrogen and oxygen atoms in total. The third-order valence-corrected chi connectivity index (χ3v) is 4.31. The monoisotopic (exact) mass is 289 g/mol. The Labute approximate surface area is 128 Å². The van der Waals surface area contributed by atoms with Crippen LogP contribution in [-0.2, 0) is 11.2 Å². The third-order valence-electron chi connectivity index (χ3n) is 4.31. The standard InChI is InChI=1S/C17H27N3O/c1-14-4-5-16(12-15(14)2)13-17(21)19(3)10-11-20-8-6-18-7-9-20/h4-5,12,18H,6-11,13H2,1-3H3. The van der Waals surface area contributed by atoms with Gasteiger partial charge in [-0.2, -0.15) is 0 Å². The van der Waals surface area contributed by atoms with Crippen LogP contribution in [0.3, 0.4) is 0 Å². The number of hydrogen-bond donors (Lipinski definition) is 1. The zero-order valence-electron chi connectivity index (χ0n) is 13.5. The van der Waals surface area contributed by atoms with Gasteiger partial charge in [-0.25, -0.2) is 0 Å². The van der Waals surface area contributed by atoms with Gasteiger partial charge in [-0.3, -0.25) is 9.69 Å². The van der Waals surface area contributed by atoms with Crippen molar-refractivity contribution in [3.8, 4) is 0 Å². The molecule has 2 rings (SSSR count). The summed E-state index contributed by atoms with van der Waals surface area (Å²) in [7, 11) is 1.91. The molecule has 0 atom stereocenters. The fraction of sp³-hybridized carbons (Fsp3) is 0.588. The van der Waals surface area contributed by atoms with Crippen LogP contribution in [0, 0.1) is 13.8 Å². The fourth-order valence-corrected chi connectivity index (χ4v) is 2.57. The van der Waals surface area contributed by atoms with Crippen molar-refractivity contribution in [3.63, 3.8) is 0 Å². The quantitative estimate of drug-likeness (QED) is 0.885. The number of aryl methyl sites for hydroxylation is 2. The SMILES string of the molecule is Cc1ccc(CC(=O)N(C)CCN2CCNCC2)cc1C. The average molecular weight is 289 g/mol. The van der Waals surface area contributed by atoms with Crippen LogP contribution in [-0.4, -0.2) is 62.0 Å². The molecule has 0 saturated carbocycles. The van der Waals surface area contributed by atoms with Crippen LogP contribution in [0.2, 0.25) is 0 Å². The zero-order chi connectivity index (χ0) is 15.2. The molecule has 0 spiro atoms. The van der Waals surface area contributed by atoms with Crippen LogP contribution in [0.4, 0.5) is 0 Å². The Hall–Kier alpha value is -1.39. The van der Waals surface area contributed by atoms with Crippen molar-refractivity contribution < 1.29 is 4.79 Å². The Morgan fingerprint density at radius 2 is 1.95 bits per heavy atom. The molecule has 1 N–H and O–H groups in total. The molecule has 0 aromatic heterocycles. The second-order valence-corrected chi connectivity index (χ2v) is 6.00. The van der Waals surface area contributed by atoms with Crippen LogP contribution in [0.15, 0.2) is 18.2 Å². The maximum atomic E-state index is 12.3. The van der Waals surface area contributed by atoms with Gasteiger partial charge in [0.05, 0.1) is 6.42 Å². The molecule has 1 aliphatic heterocycles. The number of benzene rings is 1. The van der Waals surface area contributed by atoms with E-state index in [2.05, 4.69) is 42.3 Å². The highest BCUT2D eigenvalue weighted by atomic mass is 16.2. The van der Waals surface area contributed by atoms with Gasteiger partial charge in [0, 0.05) is 46.3 Å². The number of carbonyl (C=O) groups is 1. The Balaban J connectivity index is 1.80. The van der Waals surface area contributed by atoms with Crippen molar-refractivity contribution in [2.45, 2.75) is 20.3 Å². The lowest BCUT2D eigenvalue weighted by Gasteiger charge is -2.29. The van der Waals surface area contributed by atoms with E-state index in [9.17, 15) is 4.79 Å². The molecule has 1 aliphatic rings. The van der Waals surface area contributed by atoms with Crippen LogP contribution >= 0.6 is 0 Å². The number of hydrogen-bond acceptors (Lipinski definition) is 3. The van der Waals surface area contributed by atoms with Crippen LogP contribution in [0.1, 0.15) is 16.7 Å². The molecule has 1 heterocycles. The molecule has 1 aromatic rings. The highest BCUT2D eigenvalue weighted by Crippen LogP contribution is 2.11. The van der Waals surface area contributed by atoms with Gasteiger partial charge in [0.1, 0.15) is 0 Å². The van der Waals surface area contributed by atoms with Crippen molar-refractivity contribution in [1.29, 1.82) is 0 Å². The summed E-state index contributed by atoms with van der Waals surface area (Å²) in [5.74, 6) is 0.202. The van der Waals surface area contributed by atoms with Gasteiger partial charge in [0.25, 0.3) is 0 Å². The Bertz CT molecular complexity index is 481. The lowest BCUT2D eigenvalue weighted by atomic mass is 10.0. The smallest absolute Gasteiger partial charge is 0.226 e. The number of rotatable bonds is 5. The first kappa shape index (κ1) is 16.0. The number of piperazine rings is 1. The van der Waals surface area contributed by atoms with Gasteiger partial charge in [0.15, 0.2) is 0 Å². The largest absolute Gasteiger partial charge is 0.344 e. The third kappa shape index (κ3) is 4.83. The van der Waals surface area contributed by atoms with E-state index in [0.717, 1.165) is 44.8 Å². The first-order chi connectivity index (χ1) is 10.1. The second-order valence-electron chi connectivity index (χ2n) is 6.00. The number of nitrogens with one attached hydrogen (secondary N) is 1. The maximum Gasteiger partial charge on any atom is 0.226 e. The lowest BCUT2D eigenvalue weighted by molar-refractivity contribution is -0.129. The van der Waals surface area contributed by atoms with Gasteiger partial charge < -0.3 is 10.2 Å². The van der Waals surface area contributed by atoms with Crippen LogP contribution < -0.4 is 5.32 Å². The molecule has 1 saturated heterocycles. The van der Waals surface area contributed by atoms with Crippen molar-refractivity contribution in [1.82, 2.24) is 15.1 Å². The molecule has 1 fully saturated rings. The van der Waals surface area contributed by atoms with E-state index in [-0.39, 0.29) is 5.91 Å². The minimum Gasteiger partial charge on any atom is -0.344 e. The summed E-state index contributed by atoms with van der Waals surface area (Å²) in [5, 5.41) is 3.35. The summed E-state index contributed by atoms with van der Waals surface area (Å²) in [6.45, 7) is 10.2. The summed E-state index contributed by atoms with van der Waals surface area (Å²) >= 11 is 0. The molecule has 1 amide bonds. The van der Waals surface area contributed by atoms with E-state index in [4.69, 9.17) is 0 Å². The summed E-state index contributed by atoms with van der Waals surface area (Å²) in [5.41, 5.74) is 3.64. The zero-order valence-corrected chi connectivity index (χ0v) is 13.5.